The number of morpholine rings is 1. The molecule has 1 aliphatic rings. The zero-order valence-electron chi connectivity index (χ0n) is 15.4. The highest BCUT2D eigenvalue weighted by Crippen LogP contribution is 2.15. The third-order valence-corrected chi connectivity index (χ3v) is 5.10. The molecule has 1 aromatic heterocycles. The fourth-order valence-corrected chi connectivity index (χ4v) is 3.60. The second-order valence-electron chi connectivity index (χ2n) is 7.06. The highest BCUT2D eigenvalue weighted by Gasteiger charge is 2.24. The predicted molar refractivity (Wildman–Crippen MR) is 105 cm³/mol. The SMILES string of the molecule is O=C(CCc1nc2ccccc2[nH]1)N1CCO[C@H](CCc2ccccc2)C1. The van der Waals surface area contributed by atoms with Crippen LogP contribution in [-0.2, 0) is 22.4 Å². The first kappa shape index (κ1) is 17.7. The summed E-state index contributed by atoms with van der Waals surface area (Å²) in [6, 6.07) is 18.4. The van der Waals surface area contributed by atoms with Gasteiger partial charge in [-0.3, -0.25) is 4.79 Å². The molecular weight excluding hydrogens is 338 g/mol. The number of amides is 1. The zero-order chi connectivity index (χ0) is 18.5. The average Bonchev–Trinajstić information content (AvgIpc) is 3.14. The van der Waals surface area contributed by atoms with E-state index in [1.165, 1.54) is 5.56 Å². The molecule has 0 radical (unpaired) electrons. The number of aryl methyl sites for hydroxylation is 2. The van der Waals surface area contributed by atoms with E-state index >= 15 is 0 Å². The first-order valence-corrected chi connectivity index (χ1v) is 9.65. The molecule has 1 amide bonds. The van der Waals surface area contributed by atoms with Gasteiger partial charge in [-0.05, 0) is 30.5 Å². The molecule has 0 saturated carbocycles. The van der Waals surface area contributed by atoms with Gasteiger partial charge in [-0.15, -0.1) is 0 Å². The molecule has 1 N–H and O–H groups in total. The van der Waals surface area contributed by atoms with Crippen LogP contribution in [0, 0.1) is 0 Å². The van der Waals surface area contributed by atoms with Crippen molar-refractivity contribution < 1.29 is 9.53 Å². The Bertz CT molecular complexity index is 858. The van der Waals surface area contributed by atoms with Gasteiger partial charge in [0.2, 0.25) is 5.91 Å². The number of benzene rings is 2. The molecule has 1 aliphatic heterocycles. The molecule has 1 saturated heterocycles. The van der Waals surface area contributed by atoms with Crippen molar-refractivity contribution in [2.45, 2.75) is 31.8 Å². The Morgan fingerprint density at radius 3 is 2.78 bits per heavy atom. The number of aromatic nitrogens is 2. The first-order chi connectivity index (χ1) is 13.3. The molecule has 1 atom stereocenters. The monoisotopic (exact) mass is 363 g/mol. The molecule has 4 rings (SSSR count). The molecule has 0 aliphatic carbocycles. The fraction of sp³-hybridized carbons (Fsp3) is 0.364. The smallest absolute Gasteiger partial charge is 0.223 e. The summed E-state index contributed by atoms with van der Waals surface area (Å²) in [5.41, 5.74) is 3.29. The Kier molecular flexibility index (Phi) is 5.49. The Labute approximate surface area is 159 Å². The van der Waals surface area contributed by atoms with Gasteiger partial charge in [0, 0.05) is 25.9 Å². The number of para-hydroxylation sites is 2. The van der Waals surface area contributed by atoms with E-state index in [9.17, 15) is 4.79 Å². The summed E-state index contributed by atoms with van der Waals surface area (Å²) in [7, 11) is 0. The molecule has 140 valence electrons. The van der Waals surface area contributed by atoms with Gasteiger partial charge in [0.05, 0.1) is 23.7 Å². The minimum Gasteiger partial charge on any atom is -0.375 e. The van der Waals surface area contributed by atoms with Gasteiger partial charge in [-0.2, -0.15) is 0 Å². The summed E-state index contributed by atoms with van der Waals surface area (Å²) >= 11 is 0. The Morgan fingerprint density at radius 1 is 1.11 bits per heavy atom. The standard InChI is InChI=1S/C22H25N3O2/c26-22(13-12-21-23-19-8-4-5-9-20(19)24-21)25-14-15-27-18(16-25)11-10-17-6-2-1-3-7-17/h1-9,18H,10-16H2,(H,23,24)/t18-/m1/s1. The van der Waals surface area contributed by atoms with Crippen LogP contribution in [0.1, 0.15) is 24.2 Å². The van der Waals surface area contributed by atoms with Gasteiger partial charge < -0.3 is 14.6 Å². The van der Waals surface area contributed by atoms with Crippen molar-refractivity contribution in [1.82, 2.24) is 14.9 Å². The number of H-pyrrole nitrogens is 1. The maximum atomic E-state index is 12.6. The molecular formula is C22H25N3O2. The highest BCUT2D eigenvalue weighted by atomic mass is 16.5. The number of carbonyl (C=O) groups is 1. The number of hydrogen-bond acceptors (Lipinski definition) is 3. The van der Waals surface area contributed by atoms with E-state index < -0.39 is 0 Å². The molecule has 2 aromatic carbocycles. The van der Waals surface area contributed by atoms with E-state index in [2.05, 4.69) is 34.2 Å². The molecule has 5 heteroatoms. The summed E-state index contributed by atoms with van der Waals surface area (Å²) in [5, 5.41) is 0. The molecule has 5 nitrogen and oxygen atoms in total. The topological polar surface area (TPSA) is 58.2 Å². The van der Waals surface area contributed by atoms with Crippen LogP contribution in [0.3, 0.4) is 0 Å². The van der Waals surface area contributed by atoms with Crippen LogP contribution in [0.15, 0.2) is 54.6 Å². The average molecular weight is 363 g/mol. The van der Waals surface area contributed by atoms with Gasteiger partial charge in [-0.1, -0.05) is 42.5 Å². The van der Waals surface area contributed by atoms with Crippen molar-refractivity contribution in [2.75, 3.05) is 19.7 Å². The number of hydrogen-bond donors (Lipinski definition) is 1. The summed E-state index contributed by atoms with van der Waals surface area (Å²) in [6.07, 6.45) is 3.16. The van der Waals surface area contributed by atoms with Crippen molar-refractivity contribution in [3.63, 3.8) is 0 Å². The molecule has 27 heavy (non-hydrogen) atoms. The molecule has 1 fully saturated rings. The normalized spacial score (nSPS) is 17.3. The number of nitrogens with zero attached hydrogens (tertiary/aromatic N) is 2. The minimum absolute atomic E-state index is 0.120. The van der Waals surface area contributed by atoms with E-state index in [1.54, 1.807) is 0 Å². The van der Waals surface area contributed by atoms with Crippen LogP contribution in [-0.4, -0.2) is 46.6 Å². The largest absolute Gasteiger partial charge is 0.375 e. The Balaban J connectivity index is 1.27. The summed E-state index contributed by atoms with van der Waals surface area (Å²) in [5.74, 6) is 1.06. The van der Waals surface area contributed by atoms with E-state index in [4.69, 9.17) is 4.74 Å². The molecule has 2 heterocycles. The molecule has 0 spiro atoms. The van der Waals surface area contributed by atoms with Crippen molar-refractivity contribution in [3.05, 3.63) is 66.0 Å². The number of ether oxygens (including phenoxy) is 1. The number of fused-ring (bicyclic) bond motifs is 1. The third-order valence-electron chi connectivity index (χ3n) is 5.10. The lowest BCUT2D eigenvalue weighted by Gasteiger charge is -2.33. The number of imidazole rings is 1. The molecule has 0 unspecified atom stereocenters. The zero-order valence-corrected chi connectivity index (χ0v) is 15.4. The predicted octanol–water partition coefficient (Wildman–Crippen LogP) is 3.36. The summed E-state index contributed by atoms with van der Waals surface area (Å²) in [6.45, 7) is 1.99. The number of aromatic amines is 1. The van der Waals surface area contributed by atoms with E-state index in [0.29, 0.717) is 32.5 Å². The highest BCUT2D eigenvalue weighted by molar-refractivity contribution is 5.77. The van der Waals surface area contributed by atoms with Crippen LogP contribution < -0.4 is 0 Å². The number of carbonyl (C=O) groups excluding carboxylic acids is 1. The van der Waals surface area contributed by atoms with Gasteiger partial charge in [0.25, 0.3) is 0 Å². The van der Waals surface area contributed by atoms with Crippen molar-refractivity contribution in [1.29, 1.82) is 0 Å². The molecule has 3 aromatic rings. The van der Waals surface area contributed by atoms with E-state index in [-0.39, 0.29) is 12.0 Å². The Morgan fingerprint density at radius 2 is 1.93 bits per heavy atom. The van der Waals surface area contributed by atoms with Crippen LogP contribution >= 0.6 is 0 Å². The fourth-order valence-electron chi connectivity index (χ4n) is 3.60. The van der Waals surface area contributed by atoms with Crippen molar-refractivity contribution in [2.24, 2.45) is 0 Å². The van der Waals surface area contributed by atoms with E-state index in [0.717, 1.165) is 29.7 Å². The Hall–Kier alpha value is -2.66. The summed E-state index contributed by atoms with van der Waals surface area (Å²) < 4.78 is 5.87. The quantitative estimate of drug-likeness (QED) is 0.731. The number of nitrogens with one attached hydrogen (secondary N) is 1. The van der Waals surface area contributed by atoms with Gasteiger partial charge in [0.1, 0.15) is 5.82 Å². The van der Waals surface area contributed by atoms with Crippen LogP contribution in [0.4, 0.5) is 0 Å². The third kappa shape index (κ3) is 4.55. The van der Waals surface area contributed by atoms with Gasteiger partial charge in [0.15, 0.2) is 0 Å². The van der Waals surface area contributed by atoms with E-state index in [1.807, 2.05) is 35.2 Å². The minimum atomic E-state index is 0.120. The summed E-state index contributed by atoms with van der Waals surface area (Å²) in [4.78, 5) is 22.4. The van der Waals surface area contributed by atoms with Crippen LogP contribution in [0.2, 0.25) is 0 Å². The second kappa shape index (κ2) is 8.35. The van der Waals surface area contributed by atoms with Gasteiger partial charge in [-0.25, -0.2) is 4.98 Å². The van der Waals surface area contributed by atoms with Crippen molar-refractivity contribution >= 4 is 16.9 Å². The second-order valence-corrected chi connectivity index (χ2v) is 7.06. The first-order valence-electron chi connectivity index (χ1n) is 9.65. The van der Waals surface area contributed by atoms with Crippen LogP contribution in [0.5, 0.6) is 0 Å². The molecule has 0 bridgehead atoms. The van der Waals surface area contributed by atoms with Gasteiger partial charge >= 0.3 is 0 Å². The lowest BCUT2D eigenvalue weighted by atomic mass is 10.1. The lowest BCUT2D eigenvalue weighted by molar-refractivity contribution is -0.138. The number of rotatable bonds is 6. The lowest BCUT2D eigenvalue weighted by Crippen LogP contribution is -2.45. The maximum Gasteiger partial charge on any atom is 0.223 e. The van der Waals surface area contributed by atoms with Crippen LogP contribution in [0.25, 0.3) is 11.0 Å². The maximum absolute atomic E-state index is 12.6. The van der Waals surface area contributed by atoms with Crippen molar-refractivity contribution in [3.8, 4) is 0 Å².